The highest BCUT2D eigenvalue weighted by Gasteiger charge is 2.36. The zero-order valence-corrected chi connectivity index (χ0v) is 22.8. The number of hydrogen-bond acceptors (Lipinski definition) is 4. The van der Waals surface area contributed by atoms with Crippen LogP contribution in [-0.2, 0) is 4.79 Å². The Kier molecular flexibility index (Phi) is 7.29. The van der Waals surface area contributed by atoms with Crippen LogP contribution in [0.3, 0.4) is 0 Å². The summed E-state index contributed by atoms with van der Waals surface area (Å²) in [4.78, 5) is 25.2. The Morgan fingerprint density at radius 2 is 1.41 bits per heavy atom. The molecule has 0 atom stereocenters. The fourth-order valence-corrected chi connectivity index (χ4v) is 5.71. The SMILES string of the molecule is Cc1ccc(N=C2C(=O)N(CN3CCN(C(c4ccccc4)c4ccccc4)CC3)c3ccccc32)cc1Cl. The number of para-hydroxylation sites is 1. The molecule has 1 fully saturated rings. The Labute approximate surface area is 235 Å². The Balaban J connectivity index is 1.20. The molecule has 1 amide bonds. The number of rotatable bonds is 6. The van der Waals surface area contributed by atoms with Gasteiger partial charge in [0.15, 0.2) is 0 Å². The van der Waals surface area contributed by atoms with E-state index in [-0.39, 0.29) is 11.9 Å². The van der Waals surface area contributed by atoms with Crippen LogP contribution in [0.4, 0.5) is 11.4 Å². The van der Waals surface area contributed by atoms with Crippen molar-refractivity contribution in [1.82, 2.24) is 9.80 Å². The molecule has 4 aromatic rings. The van der Waals surface area contributed by atoms with Crippen LogP contribution in [0.1, 0.15) is 28.3 Å². The first kappa shape index (κ1) is 25.5. The normalized spacial score (nSPS) is 17.3. The lowest BCUT2D eigenvalue weighted by atomic mass is 9.96. The standard InChI is InChI=1S/C33H31ClN4O/c1-24-16-17-27(22-29(24)34)35-31-28-14-8-9-15-30(28)38(33(31)39)23-36-18-20-37(21-19-36)32(25-10-4-2-5-11-25)26-12-6-3-7-13-26/h2-17,22,32H,18-21,23H2,1H3. The van der Waals surface area contributed by atoms with Crippen LogP contribution in [0.5, 0.6) is 0 Å². The summed E-state index contributed by atoms with van der Waals surface area (Å²) in [5, 5.41) is 0.648. The molecule has 1 saturated heterocycles. The molecule has 0 saturated carbocycles. The van der Waals surface area contributed by atoms with E-state index in [0.29, 0.717) is 23.1 Å². The summed E-state index contributed by atoms with van der Waals surface area (Å²) in [7, 11) is 0. The minimum Gasteiger partial charge on any atom is -0.293 e. The van der Waals surface area contributed by atoms with Crippen LogP contribution in [0.2, 0.25) is 5.02 Å². The molecule has 4 aromatic carbocycles. The van der Waals surface area contributed by atoms with Gasteiger partial charge in [0.05, 0.1) is 24.1 Å². The first-order chi connectivity index (χ1) is 19.1. The topological polar surface area (TPSA) is 39.2 Å². The highest BCUT2D eigenvalue weighted by molar-refractivity contribution is 6.54. The Morgan fingerprint density at radius 1 is 0.795 bits per heavy atom. The average molecular weight is 535 g/mol. The van der Waals surface area contributed by atoms with Gasteiger partial charge in [0.25, 0.3) is 5.91 Å². The predicted molar refractivity (Wildman–Crippen MR) is 159 cm³/mol. The van der Waals surface area contributed by atoms with Gasteiger partial charge in [-0.3, -0.25) is 19.5 Å². The number of fused-ring (bicyclic) bond motifs is 1. The molecular formula is C33H31ClN4O. The number of amides is 1. The van der Waals surface area contributed by atoms with Crippen molar-refractivity contribution in [2.45, 2.75) is 13.0 Å². The molecule has 0 radical (unpaired) electrons. The zero-order valence-electron chi connectivity index (χ0n) is 22.0. The number of carbonyl (C=O) groups excluding carboxylic acids is 1. The minimum atomic E-state index is -0.0678. The van der Waals surface area contributed by atoms with Gasteiger partial charge in [0, 0.05) is 36.8 Å². The number of aliphatic imine (C=N–C) groups is 1. The summed E-state index contributed by atoms with van der Waals surface area (Å²) in [6.07, 6.45) is 0. The van der Waals surface area contributed by atoms with E-state index in [9.17, 15) is 4.79 Å². The summed E-state index contributed by atoms with van der Waals surface area (Å²) in [5.41, 5.74) is 6.53. The molecule has 196 valence electrons. The molecule has 5 nitrogen and oxygen atoms in total. The van der Waals surface area contributed by atoms with Crippen molar-refractivity contribution in [2.75, 3.05) is 37.7 Å². The summed E-state index contributed by atoms with van der Waals surface area (Å²) in [5.74, 6) is -0.0678. The molecule has 39 heavy (non-hydrogen) atoms. The first-order valence-corrected chi connectivity index (χ1v) is 13.8. The number of halogens is 1. The van der Waals surface area contributed by atoms with Crippen LogP contribution in [0.15, 0.2) is 108 Å². The fourth-order valence-electron chi connectivity index (χ4n) is 5.54. The Hall–Kier alpha value is -3.77. The maximum Gasteiger partial charge on any atom is 0.278 e. The number of hydrogen-bond donors (Lipinski definition) is 0. The highest BCUT2D eigenvalue weighted by atomic mass is 35.5. The number of benzene rings is 4. The van der Waals surface area contributed by atoms with E-state index in [4.69, 9.17) is 16.6 Å². The summed E-state index contributed by atoms with van der Waals surface area (Å²) < 4.78 is 0. The largest absolute Gasteiger partial charge is 0.293 e. The van der Waals surface area contributed by atoms with E-state index >= 15 is 0 Å². The molecule has 0 aliphatic carbocycles. The minimum absolute atomic E-state index is 0.0678. The molecule has 0 N–H and O–H groups in total. The van der Waals surface area contributed by atoms with E-state index in [1.807, 2.05) is 54.3 Å². The molecule has 0 bridgehead atoms. The second kappa shape index (κ2) is 11.1. The molecule has 2 aliphatic heterocycles. The lowest BCUT2D eigenvalue weighted by Crippen LogP contribution is -2.51. The second-order valence-electron chi connectivity index (χ2n) is 10.2. The van der Waals surface area contributed by atoms with Crippen molar-refractivity contribution in [1.29, 1.82) is 0 Å². The summed E-state index contributed by atoms with van der Waals surface area (Å²) in [6.45, 7) is 6.09. The third kappa shape index (κ3) is 5.26. The molecule has 2 heterocycles. The van der Waals surface area contributed by atoms with Gasteiger partial charge in [-0.2, -0.15) is 0 Å². The van der Waals surface area contributed by atoms with Crippen molar-refractivity contribution in [3.8, 4) is 0 Å². The smallest absolute Gasteiger partial charge is 0.278 e. The van der Waals surface area contributed by atoms with Crippen molar-refractivity contribution in [2.24, 2.45) is 4.99 Å². The summed E-state index contributed by atoms with van der Waals surface area (Å²) >= 11 is 6.33. The molecule has 0 spiro atoms. The number of anilines is 1. The predicted octanol–water partition coefficient (Wildman–Crippen LogP) is 6.48. The van der Waals surface area contributed by atoms with Crippen LogP contribution in [0.25, 0.3) is 0 Å². The molecule has 6 rings (SSSR count). The maximum atomic E-state index is 13.7. The van der Waals surface area contributed by atoms with Crippen LogP contribution < -0.4 is 4.90 Å². The van der Waals surface area contributed by atoms with Crippen LogP contribution >= 0.6 is 11.6 Å². The number of nitrogens with zero attached hydrogens (tertiary/aromatic N) is 4. The van der Waals surface area contributed by atoms with E-state index < -0.39 is 0 Å². The van der Waals surface area contributed by atoms with Gasteiger partial charge in [-0.15, -0.1) is 0 Å². The lowest BCUT2D eigenvalue weighted by molar-refractivity contribution is -0.112. The third-order valence-electron chi connectivity index (χ3n) is 7.64. The van der Waals surface area contributed by atoms with E-state index in [2.05, 4.69) is 70.5 Å². The maximum absolute atomic E-state index is 13.7. The van der Waals surface area contributed by atoms with E-state index in [0.717, 1.165) is 43.0 Å². The van der Waals surface area contributed by atoms with Gasteiger partial charge < -0.3 is 0 Å². The van der Waals surface area contributed by atoms with E-state index in [1.165, 1.54) is 11.1 Å². The van der Waals surface area contributed by atoms with Gasteiger partial charge in [-0.25, -0.2) is 4.99 Å². The number of piperazine rings is 1. The van der Waals surface area contributed by atoms with Gasteiger partial charge in [-0.1, -0.05) is 96.5 Å². The molecule has 0 unspecified atom stereocenters. The second-order valence-corrected chi connectivity index (χ2v) is 10.6. The fraction of sp³-hybridized carbons (Fsp3) is 0.212. The van der Waals surface area contributed by atoms with Gasteiger partial charge in [0.1, 0.15) is 5.71 Å². The average Bonchev–Trinajstić information content (AvgIpc) is 3.23. The third-order valence-corrected chi connectivity index (χ3v) is 8.05. The van der Waals surface area contributed by atoms with E-state index in [1.54, 1.807) is 0 Å². The van der Waals surface area contributed by atoms with Crippen molar-refractivity contribution in [3.63, 3.8) is 0 Å². The monoisotopic (exact) mass is 534 g/mol. The summed E-state index contributed by atoms with van der Waals surface area (Å²) in [6, 6.07) is 35.2. The van der Waals surface area contributed by atoms with Crippen molar-refractivity contribution < 1.29 is 4.79 Å². The quantitative estimate of drug-likeness (QED) is 0.284. The van der Waals surface area contributed by atoms with Crippen molar-refractivity contribution in [3.05, 3.63) is 130 Å². The number of aryl methyl sites for hydroxylation is 1. The first-order valence-electron chi connectivity index (χ1n) is 13.4. The van der Waals surface area contributed by atoms with Gasteiger partial charge in [0.2, 0.25) is 0 Å². The molecule has 2 aliphatic rings. The number of carbonyl (C=O) groups is 1. The molecule has 0 aromatic heterocycles. The highest BCUT2D eigenvalue weighted by Crippen LogP contribution is 2.33. The van der Waals surface area contributed by atoms with Crippen molar-refractivity contribution >= 4 is 34.6 Å². The van der Waals surface area contributed by atoms with Gasteiger partial charge in [-0.05, 0) is 41.8 Å². The zero-order chi connectivity index (χ0) is 26.8. The van der Waals surface area contributed by atoms with Crippen LogP contribution in [0, 0.1) is 6.92 Å². The van der Waals surface area contributed by atoms with Crippen LogP contribution in [-0.4, -0.2) is 54.3 Å². The Morgan fingerprint density at radius 3 is 2.05 bits per heavy atom. The molecular weight excluding hydrogens is 504 g/mol. The van der Waals surface area contributed by atoms with Gasteiger partial charge >= 0.3 is 0 Å². The lowest BCUT2D eigenvalue weighted by Gasteiger charge is -2.40. The molecule has 6 heteroatoms. The Bertz CT molecular complexity index is 1460.